The Morgan fingerprint density at radius 1 is 1.20 bits per heavy atom. The van der Waals surface area contributed by atoms with Gasteiger partial charge < -0.3 is 14.6 Å². The van der Waals surface area contributed by atoms with E-state index in [9.17, 15) is 14.7 Å². The van der Waals surface area contributed by atoms with Crippen LogP contribution >= 0.6 is 0 Å². The van der Waals surface area contributed by atoms with Crippen LogP contribution in [0.2, 0.25) is 0 Å². The molecule has 1 saturated heterocycles. The van der Waals surface area contributed by atoms with Crippen LogP contribution in [0.3, 0.4) is 0 Å². The van der Waals surface area contributed by atoms with Gasteiger partial charge in [0.05, 0.1) is 19.7 Å². The lowest BCUT2D eigenvalue weighted by molar-refractivity contribution is -0.828. The molecule has 1 unspecified atom stereocenters. The number of nitrogens with one attached hydrogen (secondary N) is 2. The minimum atomic E-state index is -0.458. The molecule has 7 nitrogen and oxygen atoms in total. The highest BCUT2D eigenvalue weighted by atomic mass is 16.6. The van der Waals surface area contributed by atoms with Gasteiger partial charge in [-0.25, -0.2) is 4.98 Å². The predicted molar refractivity (Wildman–Crippen MR) is 115 cm³/mol. The van der Waals surface area contributed by atoms with Crippen LogP contribution in [0.4, 0.5) is 0 Å². The number of pyridine rings is 1. The Morgan fingerprint density at radius 2 is 1.93 bits per heavy atom. The van der Waals surface area contributed by atoms with Gasteiger partial charge in [-0.05, 0) is 25.3 Å². The summed E-state index contributed by atoms with van der Waals surface area (Å²) in [7, 11) is 0. The summed E-state index contributed by atoms with van der Waals surface area (Å²) >= 11 is 0. The smallest absolute Gasteiger partial charge is 0.487 e. The summed E-state index contributed by atoms with van der Waals surface area (Å²) in [5, 5.41) is 9.22. The number of allylic oxidation sites excluding steroid dienone is 2. The normalized spacial score (nSPS) is 24.6. The lowest BCUT2D eigenvalue weighted by Crippen LogP contribution is -3.16. The highest BCUT2D eigenvalue weighted by Crippen LogP contribution is 2.29. The van der Waals surface area contributed by atoms with Gasteiger partial charge in [-0.3, -0.25) is 9.53 Å². The van der Waals surface area contributed by atoms with Crippen molar-refractivity contribution >= 4 is 17.6 Å². The van der Waals surface area contributed by atoms with Crippen LogP contribution in [0.15, 0.2) is 24.4 Å². The first-order chi connectivity index (χ1) is 14.2. The molecule has 1 aliphatic heterocycles. The number of aromatic nitrogens is 1. The second-order valence-electron chi connectivity index (χ2n) is 9.37. The summed E-state index contributed by atoms with van der Waals surface area (Å²) in [6, 6.07) is 4.00. The topological polar surface area (TPSA) is 100 Å². The summed E-state index contributed by atoms with van der Waals surface area (Å²) in [5.41, 5.74) is 1.86. The molecule has 1 fully saturated rings. The minimum Gasteiger partial charge on any atom is -0.487 e. The number of hydrogen-bond donors (Lipinski definition) is 2. The molecule has 1 amide bonds. The zero-order valence-corrected chi connectivity index (χ0v) is 18.3. The molecule has 0 aromatic carbocycles. The number of H-pyrrole nitrogens is 1. The molecule has 1 aromatic heterocycles. The van der Waals surface area contributed by atoms with Crippen molar-refractivity contribution in [2.75, 3.05) is 19.7 Å². The number of carboxylic acid groups (broad SMARTS) is 1. The third kappa shape index (κ3) is 6.29. The maximum absolute atomic E-state index is 10.2. The molecule has 2 aliphatic rings. The molecule has 5 N–H and O–H groups in total. The number of ether oxygens (including phenoxy) is 2. The van der Waals surface area contributed by atoms with E-state index in [4.69, 9.17) is 9.47 Å². The summed E-state index contributed by atoms with van der Waals surface area (Å²) in [6.45, 7) is 8.16. The van der Waals surface area contributed by atoms with Gasteiger partial charge in [-0.2, -0.15) is 4.90 Å². The number of likely N-dealkylation sites (tertiary alicyclic amines) is 1. The maximum Gasteiger partial charge on any atom is 0.702 e. The summed E-state index contributed by atoms with van der Waals surface area (Å²) in [6.07, 6.45) is 8.23. The van der Waals surface area contributed by atoms with Gasteiger partial charge in [0.15, 0.2) is 5.75 Å². The van der Waals surface area contributed by atoms with Gasteiger partial charge in [0.25, 0.3) is 0 Å². The number of piperidine rings is 1. The first-order valence-corrected chi connectivity index (χ1v) is 10.9. The molecular weight excluding hydrogens is 384 g/mol. The Hall–Kier alpha value is -2.41. The summed E-state index contributed by atoms with van der Waals surface area (Å²) in [5.74, 6) is 0.676. The fraction of sp³-hybridized carbons (Fsp3) is 0.609. The highest BCUT2D eigenvalue weighted by molar-refractivity contribution is 5.73. The molecule has 1 aliphatic carbocycles. The van der Waals surface area contributed by atoms with Crippen molar-refractivity contribution in [3.8, 4) is 5.75 Å². The van der Waals surface area contributed by atoms with Gasteiger partial charge >= 0.3 is 12.1 Å². The van der Waals surface area contributed by atoms with Gasteiger partial charge in [-0.15, -0.1) is 0 Å². The molecule has 3 rings (SSSR count). The number of carboxylic acids is 1. The number of aromatic amines is 1. The second kappa shape index (κ2) is 9.60. The number of alkyl carbamates (subject to hydrolysis) is 2. The van der Waals surface area contributed by atoms with E-state index in [1.54, 1.807) is 0 Å². The Kier molecular flexibility index (Phi) is 7.13. The average molecular weight is 421 g/mol. The van der Waals surface area contributed by atoms with Gasteiger partial charge in [0.2, 0.25) is 17.5 Å². The van der Waals surface area contributed by atoms with Crippen LogP contribution in [-0.4, -0.2) is 52.1 Å². The largest absolute Gasteiger partial charge is 0.702 e. The van der Waals surface area contributed by atoms with Gasteiger partial charge in [0.1, 0.15) is 5.92 Å². The predicted octanol–water partition coefficient (Wildman–Crippen LogP) is 1.69. The molecular formula is C23H36N2O5+4. The van der Waals surface area contributed by atoms with E-state index >= 15 is 0 Å². The van der Waals surface area contributed by atoms with Crippen molar-refractivity contribution in [1.29, 1.82) is 0 Å². The molecule has 0 bridgehead atoms. The number of quaternary nitrogens is 1. The van der Waals surface area contributed by atoms with Gasteiger partial charge in [-0.1, -0.05) is 6.08 Å². The van der Waals surface area contributed by atoms with E-state index in [2.05, 4.69) is 11.1 Å². The zero-order chi connectivity index (χ0) is 21.7. The number of aliphatic hydroxyl groups excluding tert-OH is 1. The van der Waals surface area contributed by atoms with Crippen molar-refractivity contribution in [1.82, 2.24) is 0 Å². The van der Waals surface area contributed by atoms with Crippen molar-refractivity contribution in [3.63, 3.8) is 0 Å². The van der Waals surface area contributed by atoms with Gasteiger partial charge in [0, 0.05) is 51.2 Å². The number of amides is 1. The van der Waals surface area contributed by atoms with E-state index in [1.165, 1.54) is 5.57 Å². The molecule has 164 valence electrons. The third-order valence-electron chi connectivity index (χ3n) is 5.81. The quantitative estimate of drug-likeness (QED) is 0.709. The van der Waals surface area contributed by atoms with Crippen LogP contribution in [0.25, 0.3) is 5.57 Å². The lowest BCUT2D eigenvalue weighted by atomic mass is 9.88. The number of aliphatic carboxylic acids is 1. The molecule has 7 heteroatoms. The standard InChI is InChI=1S/C23H32N2O5/c1-23(2,3)30-22(28)25-12-10-16(11-13-25)15-29-19-8-9-20(24-14-19)17-4-6-18(7-5-17)21(26)27/h4,8-9,14,16,18H,5-7,10-13,15H2,1-3H3,(H,26,27)/p+4. The average Bonchev–Trinajstić information content (AvgIpc) is 2.72. The monoisotopic (exact) mass is 420 g/mol. The van der Waals surface area contributed by atoms with Crippen molar-refractivity contribution < 1.29 is 34.1 Å². The van der Waals surface area contributed by atoms with E-state index in [1.807, 2.05) is 39.1 Å². The van der Waals surface area contributed by atoms with Crippen molar-refractivity contribution in [2.24, 2.45) is 11.8 Å². The van der Waals surface area contributed by atoms with Crippen LogP contribution in [-0.2, 0) is 4.74 Å². The van der Waals surface area contributed by atoms with Crippen molar-refractivity contribution in [3.05, 3.63) is 30.1 Å². The van der Waals surface area contributed by atoms with E-state index in [0.29, 0.717) is 18.9 Å². The first-order valence-electron chi connectivity index (χ1n) is 10.9. The van der Waals surface area contributed by atoms with E-state index in [-0.39, 0.29) is 17.6 Å². The molecule has 1 atom stereocenters. The lowest BCUT2D eigenvalue weighted by Gasteiger charge is -2.25. The number of carbonyl (C=O) groups excluding carboxylic acids is 1. The maximum atomic E-state index is 10.2. The fourth-order valence-electron chi connectivity index (χ4n) is 4.00. The molecule has 1 aromatic rings. The fourth-order valence-corrected chi connectivity index (χ4v) is 4.00. The molecule has 2 heterocycles. The summed E-state index contributed by atoms with van der Waals surface area (Å²) < 4.78 is 11.6. The van der Waals surface area contributed by atoms with Crippen LogP contribution in [0.5, 0.6) is 5.75 Å². The zero-order valence-electron chi connectivity index (χ0n) is 18.3. The molecule has 0 saturated carbocycles. The highest BCUT2D eigenvalue weighted by Gasteiger charge is 2.38. The Balaban J connectivity index is 1.43. The SMILES string of the molecule is CC(C)(C)OC(=[OH+])[NH+]1CCC(COc2ccc(C3=CCC(C(O)=[OH+])CC3)[nH+]c2)CC1. The van der Waals surface area contributed by atoms with E-state index < -0.39 is 5.97 Å². The molecule has 0 spiro atoms. The summed E-state index contributed by atoms with van der Waals surface area (Å²) in [4.78, 5) is 23.7. The number of hydrogen-bond acceptors (Lipinski definition) is 2. The van der Waals surface area contributed by atoms with E-state index in [0.717, 1.165) is 55.1 Å². The number of rotatable bonds is 5. The Bertz CT molecular complexity index is 774. The Morgan fingerprint density at radius 3 is 2.47 bits per heavy atom. The molecule has 0 radical (unpaired) electrons. The first kappa shape index (κ1) is 22.3. The van der Waals surface area contributed by atoms with Crippen molar-refractivity contribution in [2.45, 2.75) is 58.5 Å². The minimum absolute atomic E-state index is 0.0995. The Labute approximate surface area is 178 Å². The second-order valence-corrected chi connectivity index (χ2v) is 9.37. The van der Waals surface area contributed by atoms with Crippen LogP contribution in [0, 0.1) is 11.8 Å². The van der Waals surface area contributed by atoms with Crippen LogP contribution < -0.4 is 14.6 Å². The van der Waals surface area contributed by atoms with Crippen LogP contribution in [0.1, 0.15) is 58.6 Å². The third-order valence-corrected chi connectivity index (χ3v) is 5.81. The molecule has 30 heavy (non-hydrogen) atoms.